The van der Waals surface area contributed by atoms with Gasteiger partial charge in [-0.1, -0.05) is 48.5 Å². The van der Waals surface area contributed by atoms with E-state index in [9.17, 15) is 27.8 Å². The van der Waals surface area contributed by atoms with E-state index in [1.807, 2.05) is 0 Å². The summed E-state index contributed by atoms with van der Waals surface area (Å²) in [5, 5.41) is 26.4. The molecule has 0 atom stereocenters. The molecule has 0 radical (unpaired) electrons. The summed E-state index contributed by atoms with van der Waals surface area (Å²) in [6.45, 7) is -2.29. The highest BCUT2D eigenvalue weighted by Gasteiger charge is 2.53. The van der Waals surface area contributed by atoms with Crippen molar-refractivity contribution in [2.45, 2.75) is 24.3 Å². The van der Waals surface area contributed by atoms with E-state index in [4.69, 9.17) is 0 Å². The van der Waals surface area contributed by atoms with Crippen LogP contribution >= 0.6 is 0 Å². The monoisotopic (exact) mass is 1020 g/mol. The van der Waals surface area contributed by atoms with Gasteiger partial charge in [0.15, 0.2) is 104 Å². The van der Waals surface area contributed by atoms with Crippen molar-refractivity contribution in [2.24, 2.45) is 0 Å². The first-order valence-corrected chi connectivity index (χ1v) is 19.7. The third kappa shape index (κ3) is 6.50. The second kappa shape index (κ2) is 16.7. The highest BCUT2D eigenvalue weighted by Crippen LogP contribution is 2.54. The van der Waals surface area contributed by atoms with Crippen LogP contribution in [0.2, 0.25) is 0 Å². The molecule has 0 bridgehead atoms. The van der Waals surface area contributed by atoms with Gasteiger partial charge in [0.05, 0.1) is 22.3 Å². The average molecular weight is 1020 g/mol. The number of hydrogen-bond acceptors (Lipinski definition) is 3. The van der Waals surface area contributed by atoms with Gasteiger partial charge in [0.25, 0.3) is 0 Å². The molecule has 0 amide bonds. The van der Waals surface area contributed by atoms with E-state index in [1.165, 1.54) is 12.1 Å². The summed E-state index contributed by atoms with van der Waals surface area (Å²) in [7, 11) is 0. The molecule has 1 aliphatic heterocycles. The van der Waals surface area contributed by atoms with Crippen molar-refractivity contribution in [1.82, 2.24) is 5.32 Å². The molecule has 0 saturated heterocycles. The number of fused-ring (bicyclic) bond motifs is 7. The lowest BCUT2D eigenvalue weighted by atomic mass is 9.72. The average Bonchev–Trinajstić information content (AvgIpc) is 3.56. The minimum Gasteiger partial charge on any atom is -0.376 e. The Morgan fingerprint density at radius 1 is 0.310 bits per heavy atom. The minimum atomic E-state index is -4.79. The predicted octanol–water partition coefficient (Wildman–Crippen LogP) is 12.6. The van der Waals surface area contributed by atoms with Gasteiger partial charge in [-0.2, -0.15) is 0 Å². The summed E-state index contributed by atoms with van der Waals surface area (Å²) in [6.07, 6.45) is 0. The second-order valence-corrected chi connectivity index (χ2v) is 15.8. The third-order valence-electron chi connectivity index (χ3n) is 12.2. The SMILES string of the molecule is OC(c1cc2ccccc2c2c1CNCc1c(C(O)(c3c(F)c(F)c(F)c(F)c3F)c3c(F)c(F)c(F)c(F)c3F)cc3ccccc3c1-2)(c1c(F)c(F)c(F)c(F)c1F)c1c(F)c(F)c(F)c(F)c1F. The molecule has 0 spiro atoms. The van der Waals surface area contributed by atoms with Gasteiger partial charge < -0.3 is 15.5 Å². The normalized spacial score (nSPS) is 13.0. The quantitative estimate of drug-likeness (QED) is 0.0673. The fourth-order valence-electron chi connectivity index (χ4n) is 9.16. The molecule has 8 aromatic carbocycles. The van der Waals surface area contributed by atoms with Crippen LogP contribution in [0, 0.1) is 116 Å². The molecule has 0 fully saturated rings. The van der Waals surface area contributed by atoms with Crippen molar-refractivity contribution in [2.75, 3.05) is 0 Å². The number of halogens is 20. The molecule has 0 aliphatic carbocycles. The molecule has 1 heterocycles. The van der Waals surface area contributed by atoms with Crippen LogP contribution in [0.1, 0.15) is 44.5 Å². The summed E-state index contributed by atoms with van der Waals surface area (Å²) < 4.78 is 309. The van der Waals surface area contributed by atoms with Crippen LogP contribution in [-0.4, -0.2) is 10.2 Å². The maximum absolute atomic E-state index is 16.2. The topological polar surface area (TPSA) is 52.5 Å². The van der Waals surface area contributed by atoms with E-state index in [-0.39, 0.29) is 10.8 Å². The molecule has 1 aliphatic rings. The van der Waals surface area contributed by atoms with Gasteiger partial charge in [0, 0.05) is 13.1 Å². The summed E-state index contributed by atoms with van der Waals surface area (Å²) in [4.78, 5) is 0. The smallest absolute Gasteiger partial charge is 0.200 e. The van der Waals surface area contributed by atoms with Crippen LogP contribution in [0.15, 0.2) is 60.7 Å². The second-order valence-electron chi connectivity index (χ2n) is 15.8. The molecule has 366 valence electrons. The van der Waals surface area contributed by atoms with Crippen LogP contribution < -0.4 is 5.32 Å². The number of hydrogen-bond donors (Lipinski definition) is 3. The molecule has 9 rings (SSSR count). The Morgan fingerprint density at radius 2 is 0.521 bits per heavy atom. The Hall–Kier alpha value is -7.24. The van der Waals surface area contributed by atoms with E-state index in [1.54, 1.807) is 0 Å². The Morgan fingerprint density at radius 3 is 0.761 bits per heavy atom. The van der Waals surface area contributed by atoms with Crippen LogP contribution in [0.4, 0.5) is 87.8 Å². The van der Waals surface area contributed by atoms with Gasteiger partial charge >= 0.3 is 0 Å². The number of nitrogens with one attached hydrogen (secondary N) is 1. The van der Waals surface area contributed by atoms with E-state index in [0.717, 1.165) is 36.4 Å². The molecule has 8 aromatic rings. The van der Waals surface area contributed by atoms with Gasteiger partial charge in [0.2, 0.25) is 23.3 Å². The van der Waals surface area contributed by atoms with Gasteiger partial charge in [-0.3, -0.25) is 0 Å². The lowest BCUT2D eigenvalue weighted by Crippen LogP contribution is -2.37. The zero-order chi connectivity index (χ0) is 51.8. The van der Waals surface area contributed by atoms with Crippen molar-refractivity contribution in [3.8, 4) is 11.1 Å². The zero-order valence-corrected chi connectivity index (χ0v) is 34.1. The van der Waals surface area contributed by atoms with Crippen LogP contribution in [0.3, 0.4) is 0 Å². The number of benzene rings is 8. The highest BCUT2D eigenvalue weighted by molar-refractivity contribution is 6.09. The summed E-state index contributed by atoms with van der Waals surface area (Å²) >= 11 is 0. The predicted molar refractivity (Wildman–Crippen MR) is 207 cm³/mol. The first kappa shape index (κ1) is 48.8. The van der Waals surface area contributed by atoms with Gasteiger partial charge in [-0.05, 0) is 67.1 Å². The fourth-order valence-corrected chi connectivity index (χ4v) is 9.16. The summed E-state index contributed by atoms with van der Waals surface area (Å²) in [6, 6.07) is 9.95. The van der Waals surface area contributed by atoms with Crippen molar-refractivity contribution in [3.63, 3.8) is 0 Å². The largest absolute Gasteiger partial charge is 0.376 e. The summed E-state index contributed by atoms with van der Waals surface area (Å²) in [5.74, 6) is -60.2. The van der Waals surface area contributed by atoms with Gasteiger partial charge in [-0.15, -0.1) is 0 Å². The first-order valence-electron chi connectivity index (χ1n) is 19.7. The standard InChI is InChI=1S/C48H17F20NO2/c49-27-23(28(50)36(58)43(65)35(27)57)47(70,24-29(51)37(59)44(66)38(60)30(24)52)19-9-13-5-1-3-7-15(13)21-17(19)11-69-12-18-20(10-14-6-2-4-8-16(14)22(18)21)48(71,25-31(53)39(61)45(67)40(62)32(25)54)26-33(55)41(63)46(68)42(64)34(26)56/h1-10,69-71H,11-12H2. The van der Waals surface area contributed by atoms with Crippen LogP contribution in [-0.2, 0) is 24.3 Å². The molecule has 3 N–H and O–H groups in total. The lowest BCUT2D eigenvalue weighted by molar-refractivity contribution is 0.100. The van der Waals surface area contributed by atoms with Gasteiger partial charge in [0.1, 0.15) is 0 Å². The van der Waals surface area contributed by atoms with Gasteiger partial charge in [-0.25, -0.2) is 87.8 Å². The molecular weight excluding hydrogens is 1000 g/mol. The molecule has 3 nitrogen and oxygen atoms in total. The molecule has 0 aromatic heterocycles. The van der Waals surface area contributed by atoms with E-state index >= 15 is 70.2 Å². The number of rotatable bonds is 6. The maximum atomic E-state index is 16.2. The van der Waals surface area contributed by atoms with Crippen molar-refractivity contribution >= 4 is 21.5 Å². The van der Waals surface area contributed by atoms with Crippen molar-refractivity contribution in [1.29, 1.82) is 0 Å². The minimum absolute atomic E-state index is 0.299. The maximum Gasteiger partial charge on any atom is 0.200 e. The highest BCUT2D eigenvalue weighted by atomic mass is 19.2. The molecule has 71 heavy (non-hydrogen) atoms. The van der Waals surface area contributed by atoms with Crippen LogP contribution in [0.5, 0.6) is 0 Å². The van der Waals surface area contributed by atoms with Crippen LogP contribution in [0.25, 0.3) is 32.7 Å². The fraction of sp³-hybridized carbons (Fsp3) is 0.0833. The van der Waals surface area contributed by atoms with E-state index < -0.39 is 207 Å². The molecule has 0 unspecified atom stereocenters. The molecule has 0 saturated carbocycles. The Bertz CT molecular complexity index is 3200. The first-order chi connectivity index (χ1) is 33.4. The van der Waals surface area contributed by atoms with Crippen molar-refractivity contribution in [3.05, 3.63) is 222 Å². The number of aliphatic hydroxyl groups is 2. The Balaban J connectivity index is 1.55. The van der Waals surface area contributed by atoms with E-state index in [0.29, 0.717) is 12.1 Å². The third-order valence-corrected chi connectivity index (χ3v) is 12.2. The summed E-state index contributed by atoms with van der Waals surface area (Å²) in [5.41, 5.74) is -26.4. The Kier molecular flexibility index (Phi) is 11.5. The molecule has 23 heteroatoms. The van der Waals surface area contributed by atoms with E-state index in [2.05, 4.69) is 5.32 Å². The Labute approximate surface area is 381 Å². The molecular formula is C48H17F20NO2. The zero-order valence-electron chi connectivity index (χ0n) is 34.1. The lowest BCUT2D eigenvalue weighted by Gasteiger charge is -2.35. The van der Waals surface area contributed by atoms with Crippen molar-refractivity contribution < 1.29 is 98.0 Å².